The van der Waals surface area contributed by atoms with Gasteiger partial charge >= 0.3 is 0 Å². The molecule has 0 radical (unpaired) electrons. The van der Waals surface area contributed by atoms with Crippen LogP contribution < -0.4 is 10.5 Å². The van der Waals surface area contributed by atoms with Gasteiger partial charge in [0.05, 0.1) is 12.7 Å². The van der Waals surface area contributed by atoms with Gasteiger partial charge in [-0.25, -0.2) is 17.6 Å². The molecule has 0 fully saturated rings. The number of hydrogen-bond donors (Lipinski definition) is 1. The second-order valence-electron chi connectivity index (χ2n) is 3.21. The third-order valence-electron chi connectivity index (χ3n) is 2.09. The highest BCUT2D eigenvalue weighted by Gasteiger charge is 2.35. The molecule has 1 aromatic carbocycles. The van der Waals surface area contributed by atoms with E-state index in [1.807, 2.05) is 0 Å². The zero-order chi connectivity index (χ0) is 12.3. The number of alkyl halides is 2. The third kappa shape index (κ3) is 2.44. The predicted octanol–water partition coefficient (Wildman–Crippen LogP) is 2.41. The second-order valence-corrected chi connectivity index (χ2v) is 3.21. The van der Waals surface area contributed by atoms with Crippen LogP contribution in [0.1, 0.15) is 12.0 Å². The maximum atomic E-state index is 13.5. The van der Waals surface area contributed by atoms with Crippen LogP contribution in [0.2, 0.25) is 0 Å². The van der Waals surface area contributed by atoms with E-state index >= 15 is 0 Å². The quantitative estimate of drug-likeness (QED) is 0.816. The lowest BCUT2D eigenvalue weighted by Gasteiger charge is -2.18. The van der Waals surface area contributed by atoms with Crippen molar-refractivity contribution in [1.29, 1.82) is 0 Å². The summed E-state index contributed by atoms with van der Waals surface area (Å²) in [6.07, 6.45) is -0.658. The molecule has 0 heterocycles. The minimum Gasteiger partial charge on any atom is -0.496 e. The van der Waals surface area contributed by atoms with Crippen molar-refractivity contribution in [2.45, 2.75) is 12.3 Å². The monoisotopic (exact) mass is 237 g/mol. The molecule has 0 unspecified atom stereocenters. The highest BCUT2D eigenvalue weighted by atomic mass is 19.3. The summed E-state index contributed by atoms with van der Waals surface area (Å²) in [7, 11) is 1.11. The summed E-state index contributed by atoms with van der Waals surface area (Å²) >= 11 is 0. The molecule has 2 nitrogen and oxygen atoms in total. The Kier molecular flexibility index (Phi) is 3.74. The van der Waals surface area contributed by atoms with Crippen molar-refractivity contribution in [3.8, 4) is 5.75 Å². The van der Waals surface area contributed by atoms with Gasteiger partial charge in [0.2, 0.25) is 0 Å². The van der Waals surface area contributed by atoms with Crippen molar-refractivity contribution in [2.75, 3.05) is 13.7 Å². The summed E-state index contributed by atoms with van der Waals surface area (Å²) in [5.74, 6) is -6.30. The lowest BCUT2D eigenvalue weighted by Crippen LogP contribution is -2.20. The SMILES string of the molecule is COc1cc(F)c(F)cc1C(F)(F)CCN. The van der Waals surface area contributed by atoms with Gasteiger partial charge in [0.15, 0.2) is 11.6 Å². The molecule has 16 heavy (non-hydrogen) atoms. The largest absolute Gasteiger partial charge is 0.496 e. The van der Waals surface area contributed by atoms with Gasteiger partial charge in [0, 0.05) is 12.5 Å². The number of nitrogens with two attached hydrogens (primary N) is 1. The van der Waals surface area contributed by atoms with Gasteiger partial charge in [-0.1, -0.05) is 0 Å². The first-order valence-corrected chi connectivity index (χ1v) is 4.53. The highest BCUT2D eigenvalue weighted by molar-refractivity contribution is 5.38. The first-order valence-electron chi connectivity index (χ1n) is 4.53. The minimum absolute atomic E-state index is 0.269. The van der Waals surface area contributed by atoms with Gasteiger partial charge in [0.1, 0.15) is 5.75 Å². The molecule has 0 atom stereocenters. The lowest BCUT2D eigenvalue weighted by molar-refractivity contribution is -0.0132. The molecular formula is C10H11F4NO. The van der Waals surface area contributed by atoms with Crippen molar-refractivity contribution < 1.29 is 22.3 Å². The van der Waals surface area contributed by atoms with Gasteiger partial charge < -0.3 is 10.5 Å². The van der Waals surface area contributed by atoms with Crippen LogP contribution in [0.15, 0.2) is 12.1 Å². The van der Waals surface area contributed by atoms with E-state index in [9.17, 15) is 17.6 Å². The molecule has 0 bridgehead atoms. The summed E-state index contributed by atoms with van der Waals surface area (Å²) in [4.78, 5) is 0. The maximum absolute atomic E-state index is 13.5. The Morgan fingerprint density at radius 3 is 2.31 bits per heavy atom. The Morgan fingerprint density at radius 1 is 1.25 bits per heavy atom. The van der Waals surface area contributed by atoms with Crippen LogP contribution in [-0.2, 0) is 5.92 Å². The fourth-order valence-electron chi connectivity index (χ4n) is 1.30. The summed E-state index contributed by atoms with van der Waals surface area (Å²) < 4.78 is 57.2. The Balaban J connectivity index is 3.26. The topological polar surface area (TPSA) is 35.2 Å². The number of halogens is 4. The molecule has 0 spiro atoms. The molecule has 90 valence electrons. The van der Waals surface area contributed by atoms with Gasteiger partial charge in [-0.2, -0.15) is 0 Å². The van der Waals surface area contributed by atoms with E-state index in [0.717, 1.165) is 7.11 Å². The Morgan fingerprint density at radius 2 is 1.81 bits per heavy atom. The van der Waals surface area contributed by atoms with Crippen LogP contribution in [0, 0.1) is 11.6 Å². The Labute approximate surface area is 90.0 Å². The van der Waals surface area contributed by atoms with E-state index in [-0.39, 0.29) is 6.54 Å². The van der Waals surface area contributed by atoms with Gasteiger partial charge in [-0.05, 0) is 12.6 Å². The van der Waals surface area contributed by atoms with Crippen molar-refractivity contribution >= 4 is 0 Å². The predicted molar refractivity (Wildman–Crippen MR) is 50.5 cm³/mol. The van der Waals surface area contributed by atoms with Crippen LogP contribution in [0.3, 0.4) is 0 Å². The van der Waals surface area contributed by atoms with Crippen molar-refractivity contribution in [3.63, 3.8) is 0 Å². The first-order chi connectivity index (χ1) is 7.42. The fourth-order valence-corrected chi connectivity index (χ4v) is 1.30. The summed E-state index contributed by atoms with van der Waals surface area (Å²) in [5.41, 5.74) is 4.33. The number of ether oxygens (including phenoxy) is 1. The molecule has 0 aromatic heterocycles. The van der Waals surface area contributed by atoms with Crippen LogP contribution in [0.5, 0.6) is 5.75 Å². The summed E-state index contributed by atoms with van der Waals surface area (Å²) in [6.45, 7) is -0.269. The molecule has 0 aliphatic heterocycles. The molecule has 0 saturated carbocycles. The van der Waals surface area contributed by atoms with E-state index in [4.69, 9.17) is 5.73 Å². The standard InChI is InChI=1S/C10H11F4NO/c1-16-9-5-8(12)7(11)4-6(9)10(13,14)2-3-15/h4-5H,2-3,15H2,1H3. The van der Waals surface area contributed by atoms with Gasteiger partial charge in [0.25, 0.3) is 5.92 Å². The molecule has 0 amide bonds. The van der Waals surface area contributed by atoms with E-state index in [1.54, 1.807) is 0 Å². The maximum Gasteiger partial charge on any atom is 0.278 e. The molecule has 6 heteroatoms. The van der Waals surface area contributed by atoms with Gasteiger partial charge in [-0.3, -0.25) is 0 Å². The van der Waals surface area contributed by atoms with Crippen molar-refractivity contribution in [2.24, 2.45) is 5.73 Å². The Bertz CT molecular complexity index is 381. The molecule has 1 rings (SSSR count). The number of methoxy groups -OCH3 is 1. The minimum atomic E-state index is -3.34. The molecule has 2 N–H and O–H groups in total. The van der Waals surface area contributed by atoms with Crippen LogP contribution in [-0.4, -0.2) is 13.7 Å². The smallest absolute Gasteiger partial charge is 0.278 e. The summed E-state index contributed by atoms with van der Waals surface area (Å²) in [5, 5.41) is 0. The zero-order valence-corrected chi connectivity index (χ0v) is 8.57. The van der Waals surface area contributed by atoms with E-state index in [2.05, 4.69) is 4.74 Å². The fraction of sp³-hybridized carbons (Fsp3) is 0.400. The molecule has 0 saturated heterocycles. The van der Waals surface area contributed by atoms with Gasteiger partial charge in [-0.15, -0.1) is 0 Å². The molecule has 0 aliphatic rings. The van der Waals surface area contributed by atoms with E-state index in [0.29, 0.717) is 12.1 Å². The normalized spacial score (nSPS) is 11.6. The molecule has 0 aliphatic carbocycles. The van der Waals surface area contributed by atoms with Crippen molar-refractivity contribution in [3.05, 3.63) is 29.3 Å². The Hall–Kier alpha value is -1.30. The summed E-state index contributed by atoms with van der Waals surface area (Å²) in [6, 6.07) is 1.03. The van der Waals surface area contributed by atoms with E-state index < -0.39 is 35.3 Å². The molecule has 1 aromatic rings. The van der Waals surface area contributed by atoms with Crippen LogP contribution >= 0.6 is 0 Å². The van der Waals surface area contributed by atoms with E-state index in [1.165, 1.54) is 0 Å². The molecular weight excluding hydrogens is 226 g/mol. The van der Waals surface area contributed by atoms with Crippen molar-refractivity contribution in [1.82, 2.24) is 0 Å². The number of hydrogen-bond acceptors (Lipinski definition) is 2. The second kappa shape index (κ2) is 4.69. The third-order valence-corrected chi connectivity index (χ3v) is 2.09. The van der Waals surface area contributed by atoms with Crippen LogP contribution in [0.4, 0.5) is 17.6 Å². The zero-order valence-electron chi connectivity index (χ0n) is 8.57. The first kappa shape index (κ1) is 12.8. The van der Waals surface area contributed by atoms with Crippen LogP contribution in [0.25, 0.3) is 0 Å². The average molecular weight is 237 g/mol. The highest BCUT2D eigenvalue weighted by Crippen LogP contribution is 2.38. The number of benzene rings is 1. The number of rotatable bonds is 4. The average Bonchev–Trinajstić information content (AvgIpc) is 2.21. The lowest BCUT2D eigenvalue weighted by atomic mass is 10.0.